The molecular formula is C19H13ClN2O5S. The molecule has 2 aromatic carbocycles. The summed E-state index contributed by atoms with van der Waals surface area (Å²) in [6, 6.07) is 10.0. The molecule has 2 heterocycles. The minimum atomic E-state index is -0.613. The fourth-order valence-corrected chi connectivity index (χ4v) is 3.39. The molecule has 0 aliphatic carbocycles. The summed E-state index contributed by atoms with van der Waals surface area (Å²) >= 11 is 11.4. The van der Waals surface area contributed by atoms with Gasteiger partial charge in [0, 0.05) is 11.6 Å². The van der Waals surface area contributed by atoms with Crippen LogP contribution in [0.25, 0.3) is 6.08 Å². The Morgan fingerprint density at radius 1 is 1.21 bits per heavy atom. The predicted octanol–water partition coefficient (Wildman–Crippen LogP) is 2.91. The molecule has 0 radical (unpaired) electrons. The molecular weight excluding hydrogens is 404 g/mol. The van der Waals surface area contributed by atoms with E-state index in [0.29, 0.717) is 33.5 Å². The number of nitrogens with one attached hydrogen (secondary N) is 1. The smallest absolute Gasteiger partial charge is 0.270 e. The zero-order valence-electron chi connectivity index (χ0n) is 14.5. The highest BCUT2D eigenvalue weighted by molar-refractivity contribution is 7.80. The Hall–Kier alpha value is -3.10. The van der Waals surface area contributed by atoms with E-state index in [1.165, 1.54) is 18.1 Å². The molecule has 0 unspecified atom stereocenters. The number of fused-ring (bicyclic) bond motifs is 1. The van der Waals surface area contributed by atoms with Crippen molar-refractivity contribution in [1.29, 1.82) is 0 Å². The number of benzene rings is 2. The van der Waals surface area contributed by atoms with Crippen LogP contribution in [-0.4, -0.2) is 30.8 Å². The lowest BCUT2D eigenvalue weighted by molar-refractivity contribution is -0.122. The lowest BCUT2D eigenvalue weighted by Gasteiger charge is -2.29. The largest absolute Gasteiger partial charge is 0.496 e. The Labute approximate surface area is 170 Å². The third-order valence-electron chi connectivity index (χ3n) is 4.22. The Bertz CT molecular complexity index is 1050. The van der Waals surface area contributed by atoms with Crippen LogP contribution >= 0.6 is 23.8 Å². The quantitative estimate of drug-likeness (QED) is 0.471. The number of carbonyl (C=O) groups is 2. The van der Waals surface area contributed by atoms with Gasteiger partial charge < -0.3 is 14.2 Å². The van der Waals surface area contributed by atoms with Crippen molar-refractivity contribution in [3.8, 4) is 17.2 Å². The van der Waals surface area contributed by atoms with Gasteiger partial charge in [-0.1, -0.05) is 23.7 Å². The molecule has 0 bridgehead atoms. The average Bonchev–Trinajstić information content (AvgIpc) is 3.13. The summed E-state index contributed by atoms with van der Waals surface area (Å²) in [5.74, 6) is 0.237. The molecule has 2 aliphatic heterocycles. The van der Waals surface area contributed by atoms with Crippen LogP contribution in [0, 0.1) is 0 Å². The van der Waals surface area contributed by atoms with Gasteiger partial charge in [0.15, 0.2) is 16.6 Å². The number of hydrogen-bond donors (Lipinski definition) is 1. The van der Waals surface area contributed by atoms with Gasteiger partial charge in [-0.25, -0.2) is 0 Å². The second kappa shape index (κ2) is 7.14. The highest BCUT2D eigenvalue weighted by Crippen LogP contribution is 2.39. The van der Waals surface area contributed by atoms with E-state index in [1.54, 1.807) is 36.4 Å². The SMILES string of the molecule is COc1cc2c(cc1/C=C1\C(=O)NC(=S)N(c3ccccc3Cl)C1=O)OCO2. The van der Waals surface area contributed by atoms with Crippen LogP contribution in [0.1, 0.15) is 5.56 Å². The number of rotatable bonds is 3. The van der Waals surface area contributed by atoms with Crippen molar-refractivity contribution in [3.05, 3.63) is 52.6 Å². The second-order valence-corrected chi connectivity index (χ2v) is 6.65. The number of ether oxygens (including phenoxy) is 3. The highest BCUT2D eigenvalue weighted by Gasteiger charge is 2.35. The van der Waals surface area contributed by atoms with Crippen molar-refractivity contribution in [2.75, 3.05) is 18.8 Å². The van der Waals surface area contributed by atoms with Gasteiger partial charge in [0.2, 0.25) is 6.79 Å². The summed E-state index contributed by atoms with van der Waals surface area (Å²) in [6.45, 7) is 0.0898. The van der Waals surface area contributed by atoms with Crippen LogP contribution in [0.3, 0.4) is 0 Å². The summed E-state index contributed by atoms with van der Waals surface area (Å²) < 4.78 is 16.0. The topological polar surface area (TPSA) is 77.1 Å². The Morgan fingerprint density at radius 3 is 2.64 bits per heavy atom. The maximum absolute atomic E-state index is 13.1. The van der Waals surface area contributed by atoms with Crippen LogP contribution in [0.15, 0.2) is 42.0 Å². The number of anilines is 1. The van der Waals surface area contributed by atoms with Gasteiger partial charge in [0.25, 0.3) is 11.8 Å². The molecule has 1 N–H and O–H groups in total. The van der Waals surface area contributed by atoms with Crippen molar-refractivity contribution in [3.63, 3.8) is 0 Å². The molecule has 0 spiro atoms. The molecule has 2 aromatic rings. The summed E-state index contributed by atoms with van der Waals surface area (Å²) in [4.78, 5) is 26.7. The molecule has 7 nitrogen and oxygen atoms in total. The third-order valence-corrected chi connectivity index (χ3v) is 4.82. The number of carbonyl (C=O) groups excluding carboxylic acids is 2. The number of halogens is 1. The lowest BCUT2D eigenvalue weighted by atomic mass is 10.1. The van der Waals surface area contributed by atoms with Gasteiger partial charge in [0.1, 0.15) is 11.3 Å². The normalized spacial score (nSPS) is 17.1. The maximum Gasteiger partial charge on any atom is 0.270 e. The minimum absolute atomic E-state index is 0.0436. The van der Waals surface area contributed by atoms with E-state index in [0.717, 1.165) is 0 Å². The van der Waals surface area contributed by atoms with Crippen molar-refractivity contribution in [2.45, 2.75) is 0 Å². The van der Waals surface area contributed by atoms with E-state index in [-0.39, 0.29) is 17.5 Å². The monoisotopic (exact) mass is 416 g/mol. The van der Waals surface area contributed by atoms with Gasteiger partial charge in [-0.05, 0) is 36.5 Å². The molecule has 9 heteroatoms. The van der Waals surface area contributed by atoms with Crippen LogP contribution in [0.5, 0.6) is 17.2 Å². The van der Waals surface area contributed by atoms with E-state index in [1.807, 2.05) is 0 Å². The lowest BCUT2D eigenvalue weighted by Crippen LogP contribution is -2.54. The van der Waals surface area contributed by atoms with Crippen LogP contribution in [-0.2, 0) is 9.59 Å². The Kier molecular flexibility index (Phi) is 4.66. The van der Waals surface area contributed by atoms with E-state index >= 15 is 0 Å². The standard InChI is InChI=1S/C19H13ClN2O5S/c1-25-14-8-16-15(26-9-27-16)7-10(14)6-11-17(23)21-19(28)22(18(11)24)13-5-3-2-4-12(13)20/h2-8H,9H2,1H3,(H,21,23,28)/b11-6+. The Morgan fingerprint density at radius 2 is 1.93 bits per heavy atom. The van der Waals surface area contributed by atoms with E-state index < -0.39 is 11.8 Å². The van der Waals surface area contributed by atoms with E-state index in [2.05, 4.69) is 5.32 Å². The number of hydrogen-bond acceptors (Lipinski definition) is 6. The van der Waals surface area contributed by atoms with Gasteiger partial charge in [0.05, 0.1) is 17.8 Å². The molecule has 1 saturated heterocycles. The molecule has 4 rings (SSSR count). The second-order valence-electron chi connectivity index (χ2n) is 5.86. The third kappa shape index (κ3) is 3.06. The fourth-order valence-electron chi connectivity index (χ4n) is 2.89. The molecule has 142 valence electrons. The first-order valence-corrected chi connectivity index (χ1v) is 8.92. The highest BCUT2D eigenvalue weighted by atomic mass is 35.5. The summed E-state index contributed by atoms with van der Waals surface area (Å²) in [6.07, 6.45) is 1.42. The number of amides is 2. The molecule has 0 saturated carbocycles. The fraction of sp³-hybridized carbons (Fsp3) is 0.105. The predicted molar refractivity (Wildman–Crippen MR) is 107 cm³/mol. The number of para-hydroxylation sites is 1. The Balaban J connectivity index is 1.79. The van der Waals surface area contributed by atoms with Gasteiger partial charge in [-0.15, -0.1) is 0 Å². The molecule has 0 aromatic heterocycles. The van der Waals surface area contributed by atoms with Crippen LogP contribution < -0.4 is 24.4 Å². The van der Waals surface area contributed by atoms with Crippen molar-refractivity contribution >= 4 is 52.5 Å². The van der Waals surface area contributed by atoms with Gasteiger partial charge in [-0.2, -0.15) is 0 Å². The van der Waals surface area contributed by atoms with Crippen molar-refractivity contribution in [2.24, 2.45) is 0 Å². The molecule has 2 aliphatic rings. The van der Waals surface area contributed by atoms with Crippen molar-refractivity contribution in [1.82, 2.24) is 5.32 Å². The summed E-state index contributed by atoms with van der Waals surface area (Å²) in [7, 11) is 1.48. The molecule has 1 fully saturated rings. The number of thiocarbonyl (C=S) groups is 1. The number of nitrogens with zero attached hydrogens (tertiary/aromatic N) is 1. The van der Waals surface area contributed by atoms with Gasteiger partial charge in [-0.3, -0.25) is 19.8 Å². The molecule has 28 heavy (non-hydrogen) atoms. The first-order chi connectivity index (χ1) is 13.5. The van der Waals surface area contributed by atoms with Crippen molar-refractivity contribution < 1.29 is 23.8 Å². The number of methoxy groups -OCH3 is 1. The van der Waals surface area contributed by atoms with E-state index in [4.69, 9.17) is 38.0 Å². The van der Waals surface area contributed by atoms with Crippen LogP contribution in [0.4, 0.5) is 5.69 Å². The van der Waals surface area contributed by atoms with E-state index in [9.17, 15) is 9.59 Å². The van der Waals surface area contributed by atoms with Crippen LogP contribution in [0.2, 0.25) is 5.02 Å². The molecule has 2 amide bonds. The zero-order valence-corrected chi connectivity index (χ0v) is 16.1. The summed E-state index contributed by atoms with van der Waals surface area (Å²) in [5.41, 5.74) is 0.741. The summed E-state index contributed by atoms with van der Waals surface area (Å²) in [5, 5.41) is 2.80. The van der Waals surface area contributed by atoms with Gasteiger partial charge >= 0.3 is 0 Å². The first kappa shape index (κ1) is 18.3. The molecule has 0 atom stereocenters. The minimum Gasteiger partial charge on any atom is -0.496 e. The zero-order chi connectivity index (χ0) is 19.8. The maximum atomic E-state index is 13.1. The first-order valence-electron chi connectivity index (χ1n) is 8.13. The average molecular weight is 417 g/mol.